The summed E-state index contributed by atoms with van der Waals surface area (Å²) < 4.78 is 13.5. The summed E-state index contributed by atoms with van der Waals surface area (Å²) in [4.78, 5) is 15.0. The summed E-state index contributed by atoms with van der Waals surface area (Å²) in [5.74, 6) is -0.271. The molecule has 6 rings (SSSR count). The molecule has 7 heteroatoms. The van der Waals surface area contributed by atoms with Gasteiger partial charge in [0.2, 0.25) is 0 Å². The lowest BCUT2D eigenvalue weighted by atomic mass is 10.0. The molecule has 4 aromatic heterocycles. The van der Waals surface area contributed by atoms with Crippen LogP contribution in [0.1, 0.15) is 30.9 Å². The number of halogens is 1. The zero-order valence-corrected chi connectivity index (χ0v) is 21.3. The highest BCUT2D eigenvalue weighted by Crippen LogP contribution is 2.29. The highest BCUT2D eigenvalue weighted by Gasteiger charge is 2.15. The third-order valence-electron chi connectivity index (χ3n) is 7.13. The summed E-state index contributed by atoms with van der Waals surface area (Å²) in [6, 6.07) is 12.6. The summed E-state index contributed by atoms with van der Waals surface area (Å²) in [6.07, 6.45) is 12.2. The van der Waals surface area contributed by atoms with Crippen LogP contribution in [-0.2, 0) is 6.54 Å². The van der Waals surface area contributed by atoms with Crippen molar-refractivity contribution in [2.24, 2.45) is 0 Å². The van der Waals surface area contributed by atoms with Crippen molar-refractivity contribution in [2.75, 3.05) is 13.1 Å². The Kier molecular flexibility index (Phi) is 6.43. The van der Waals surface area contributed by atoms with Crippen molar-refractivity contribution < 1.29 is 4.39 Å². The van der Waals surface area contributed by atoms with Gasteiger partial charge in [0.25, 0.3) is 0 Å². The molecule has 2 N–H and O–H groups in total. The minimum atomic E-state index is -0.271. The molecule has 1 fully saturated rings. The van der Waals surface area contributed by atoms with Crippen LogP contribution in [0.5, 0.6) is 0 Å². The van der Waals surface area contributed by atoms with E-state index in [1.54, 1.807) is 18.3 Å². The van der Waals surface area contributed by atoms with E-state index in [0.29, 0.717) is 0 Å². The molecule has 190 valence electrons. The third kappa shape index (κ3) is 4.68. The Labute approximate surface area is 220 Å². The van der Waals surface area contributed by atoms with Crippen molar-refractivity contribution in [1.29, 1.82) is 0 Å². The van der Waals surface area contributed by atoms with E-state index in [0.717, 1.165) is 74.9 Å². The van der Waals surface area contributed by atoms with Crippen molar-refractivity contribution in [1.82, 2.24) is 30.0 Å². The van der Waals surface area contributed by atoms with Crippen molar-refractivity contribution in [3.8, 4) is 22.6 Å². The molecule has 0 aliphatic carbocycles. The maximum Gasteiger partial charge on any atom is 0.123 e. The van der Waals surface area contributed by atoms with Crippen LogP contribution in [0.25, 0.3) is 51.3 Å². The van der Waals surface area contributed by atoms with Gasteiger partial charge in [-0.2, -0.15) is 5.10 Å². The molecule has 38 heavy (non-hydrogen) atoms. The largest absolute Gasteiger partial charge is 0.353 e. The van der Waals surface area contributed by atoms with Gasteiger partial charge in [0.15, 0.2) is 0 Å². The number of benzene rings is 1. The molecule has 0 unspecified atom stereocenters. The van der Waals surface area contributed by atoms with E-state index in [1.165, 1.54) is 30.5 Å². The number of nitrogens with one attached hydrogen (secondary N) is 2. The molecule has 1 aromatic carbocycles. The van der Waals surface area contributed by atoms with Gasteiger partial charge in [-0.1, -0.05) is 12.7 Å². The Bertz CT molecular complexity index is 1740. The van der Waals surface area contributed by atoms with Gasteiger partial charge < -0.3 is 4.98 Å². The molecular weight excluding hydrogens is 475 g/mol. The number of nitrogens with zero attached hydrogens (tertiary/aromatic N) is 4. The summed E-state index contributed by atoms with van der Waals surface area (Å²) in [5, 5.41) is 10.6. The average Bonchev–Trinajstić information content (AvgIpc) is 3.69. The highest BCUT2D eigenvalue weighted by atomic mass is 19.1. The average molecular weight is 505 g/mol. The first-order valence-corrected chi connectivity index (χ1v) is 12.9. The fourth-order valence-corrected chi connectivity index (χ4v) is 5.16. The number of fused-ring (bicyclic) bond motifs is 1. The standard InChI is InChI=1S/C31H29FN6/c1-3-27-25(14-20(2)23-15-21(17-33-18-23)19-38-12-4-5-13-38)31(37-36-27)29-16-26-28(35-29)10-11-34-30(26)22-6-8-24(32)9-7-22/h3,6-11,14-18,35-36H,2,4-5,12-13,19H2,1H3/b25-14+,27-3+. The molecule has 5 aromatic rings. The van der Waals surface area contributed by atoms with Gasteiger partial charge in [-0.25, -0.2) is 4.39 Å². The van der Waals surface area contributed by atoms with Crippen LogP contribution < -0.4 is 10.6 Å². The third-order valence-corrected chi connectivity index (χ3v) is 7.13. The molecule has 0 saturated carbocycles. The van der Waals surface area contributed by atoms with Crippen LogP contribution in [-0.4, -0.2) is 43.1 Å². The van der Waals surface area contributed by atoms with Gasteiger partial charge in [-0.15, -0.1) is 0 Å². The van der Waals surface area contributed by atoms with Gasteiger partial charge in [-0.05, 0) is 98.1 Å². The fourth-order valence-electron chi connectivity index (χ4n) is 5.16. The monoisotopic (exact) mass is 504 g/mol. The second-order valence-corrected chi connectivity index (χ2v) is 9.73. The van der Waals surface area contributed by atoms with E-state index in [9.17, 15) is 4.39 Å². The number of aromatic amines is 2. The molecule has 6 nitrogen and oxygen atoms in total. The van der Waals surface area contributed by atoms with Crippen LogP contribution in [0.3, 0.4) is 0 Å². The van der Waals surface area contributed by atoms with Gasteiger partial charge in [0.1, 0.15) is 11.5 Å². The number of hydrogen-bond donors (Lipinski definition) is 2. The first kappa shape index (κ1) is 24.0. The zero-order valence-electron chi connectivity index (χ0n) is 21.3. The normalized spacial score (nSPS) is 15.1. The van der Waals surface area contributed by atoms with Gasteiger partial charge in [0, 0.05) is 46.8 Å². The van der Waals surface area contributed by atoms with E-state index < -0.39 is 0 Å². The summed E-state index contributed by atoms with van der Waals surface area (Å²) in [5.41, 5.74) is 7.30. The molecule has 1 aliphatic rings. The first-order chi connectivity index (χ1) is 18.6. The number of rotatable bonds is 6. The van der Waals surface area contributed by atoms with E-state index >= 15 is 0 Å². The van der Waals surface area contributed by atoms with Crippen molar-refractivity contribution in [3.63, 3.8) is 0 Å². The second-order valence-electron chi connectivity index (χ2n) is 9.73. The molecule has 5 heterocycles. The van der Waals surface area contributed by atoms with E-state index in [-0.39, 0.29) is 5.82 Å². The molecule has 1 saturated heterocycles. The Balaban J connectivity index is 1.39. The predicted octanol–water partition coefficient (Wildman–Crippen LogP) is 5.04. The number of allylic oxidation sites excluding steroid dienone is 1. The summed E-state index contributed by atoms with van der Waals surface area (Å²) in [6.45, 7) is 9.56. The smallest absolute Gasteiger partial charge is 0.123 e. The first-order valence-electron chi connectivity index (χ1n) is 12.9. The SMILES string of the molecule is C=C(/C=c1/c(-c2cc3c(-c4ccc(F)cc4)nccc3[nH]2)n[nH]/c1=C/C)c1cncc(CN2CCCC2)c1. The van der Waals surface area contributed by atoms with Crippen molar-refractivity contribution in [2.45, 2.75) is 26.3 Å². The number of aromatic nitrogens is 5. The fraction of sp³-hybridized carbons (Fsp3) is 0.194. The summed E-state index contributed by atoms with van der Waals surface area (Å²) in [7, 11) is 0. The van der Waals surface area contributed by atoms with Crippen LogP contribution in [0.15, 0.2) is 67.6 Å². The van der Waals surface area contributed by atoms with E-state index in [2.05, 4.69) is 54.8 Å². The minimum Gasteiger partial charge on any atom is -0.353 e. The highest BCUT2D eigenvalue weighted by molar-refractivity contribution is 5.96. The lowest BCUT2D eigenvalue weighted by molar-refractivity contribution is 0.331. The van der Waals surface area contributed by atoms with E-state index in [4.69, 9.17) is 0 Å². The van der Waals surface area contributed by atoms with Gasteiger partial charge in [-0.3, -0.25) is 20.0 Å². The Morgan fingerprint density at radius 3 is 2.68 bits per heavy atom. The van der Waals surface area contributed by atoms with Crippen LogP contribution in [0, 0.1) is 5.82 Å². The van der Waals surface area contributed by atoms with Crippen molar-refractivity contribution in [3.05, 3.63) is 95.1 Å². The predicted molar refractivity (Wildman–Crippen MR) is 151 cm³/mol. The number of hydrogen-bond acceptors (Lipinski definition) is 4. The van der Waals surface area contributed by atoms with Gasteiger partial charge >= 0.3 is 0 Å². The van der Waals surface area contributed by atoms with Crippen LogP contribution in [0.2, 0.25) is 0 Å². The zero-order chi connectivity index (χ0) is 26.1. The second kappa shape index (κ2) is 10.2. The lowest BCUT2D eigenvalue weighted by Crippen LogP contribution is -2.23. The van der Waals surface area contributed by atoms with E-state index in [1.807, 2.05) is 31.5 Å². The molecule has 1 aliphatic heterocycles. The Morgan fingerprint density at radius 1 is 1.08 bits per heavy atom. The quantitative estimate of drug-likeness (QED) is 0.340. The molecular formula is C31H29FN6. The molecule has 0 radical (unpaired) electrons. The Morgan fingerprint density at radius 2 is 1.89 bits per heavy atom. The maximum atomic E-state index is 13.5. The Hall–Kier alpha value is -4.36. The maximum absolute atomic E-state index is 13.5. The lowest BCUT2D eigenvalue weighted by Gasteiger charge is -2.14. The molecule has 0 atom stereocenters. The molecule has 0 amide bonds. The van der Waals surface area contributed by atoms with Gasteiger partial charge in [0.05, 0.1) is 16.7 Å². The number of H-pyrrole nitrogens is 2. The van der Waals surface area contributed by atoms with Crippen LogP contribution >= 0.6 is 0 Å². The number of pyridine rings is 2. The van der Waals surface area contributed by atoms with Crippen molar-refractivity contribution >= 4 is 28.6 Å². The van der Waals surface area contributed by atoms with Crippen LogP contribution in [0.4, 0.5) is 4.39 Å². The number of likely N-dealkylation sites (tertiary alicyclic amines) is 1. The minimum absolute atomic E-state index is 0.271. The molecule has 0 bridgehead atoms. The summed E-state index contributed by atoms with van der Waals surface area (Å²) >= 11 is 0. The molecule has 0 spiro atoms. The topological polar surface area (TPSA) is 73.5 Å².